The SMILES string of the molecule is Fc1ccc(C=NNc2ccccc2)c(CN2CCOCC2)c1. The molecule has 23 heavy (non-hydrogen) atoms. The van der Waals surface area contributed by atoms with Gasteiger partial charge < -0.3 is 4.74 Å². The Kier molecular flexibility index (Phi) is 5.34. The van der Waals surface area contributed by atoms with E-state index in [4.69, 9.17) is 4.74 Å². The monoisotopic (exact) mass is 313 g/mol. The number of benzene rings is 2. The Bertz CT molecular complexity index is 655. The fourth-order valence-corrected chi connectivity index (χ4v) is 2.53. The van der Waals surface area contributed by atoms with Crippen LogP contribution in [0.4, 0.5) is 10.1 Å². The molecule has 2 aromatic carbocycles. The molecule has 2 aromatic rings. The maximum Gasteiger partial charge on any atom is 0.123 e. The zero-order valence-corrected chi connectivity index (χ0v) is 12.9. The lowest BCUT2D eigenvalue weighted by atomic mass is 10.1. The largest absolute Gasteiger partial charge is 0.379 e. The van der Waals surface area contributed by atoms with Crippen LogP contribution in [0.3, 0.4) is 0 Å². The van der Waals surface area contributed by atoms with Crippen LogP contribution in [0.2, 0.25) is 0 Å². The second-order valence-electron chi connectivity index (χ2n) is 5.47. The second kappa shape index (κ2) is 7.85. The van der Waals surface area contributed by atoms with Gasteiger partial charge in [-0.2, -0.15) is 5.10 Å². The summed E-state index contributed by atoms with van der Waals surface area (Å²) in [6.07, 6.45) is 1.74. The molecule has 1 N–H and O–H groups in total. The van der Waals surface area contributed by atoms with E-state index in [9.17, 15) is 4.39 Å². The highest BCUT2D eigenvalue weighted by molar-refractivity contribution is 5.82. The number of para-hydroxylation sites is 1. The van der Waals surface area contributed by atoms with Gasteiger partial charge in [-0.05, 0) is 35.4 Å². The zero-order valence-electron chi connectivity index (χ0n) is 12.9. The number of ether oxygens (including phenoxy) is 1. The smallest absolute Gasteiger partial charge is 0.123 e. The summed E-state index contributed by atoms with van der Waals surface area (Å²) in [5.41, 5.74) is 5.75. The number of morpholine rings is 1. The highest BCUT2D eigenvalue weighted by Crippen LogP contribution is 2.14. The number of hydrogen-bond acceptors (Lipinski definition) is 4. The molecule has 1 heterocycles. The maximum atomic E-state index is 13.6. The Hall–Kier alpha value is -2.24. The molecule has 0 spiro atoms. The molecule has 0 atom stereocenters. The summed E-state index contributed by atoms with van der Waals surface area (Å²) in [4.78, 5) is 2.26. The van der Waals surface area contributed by atoms with E-state index < -0.39 is 0 Å². The predicted molar refractivity (Wildman–Crippen MR) is 90.2 cm³/mol. The Morgan fingerprint density at radius 3 is 2.70 bits per heavy atom. The number of anilines is 1. The quantitative estimate of drug-likeness (QED) is 0.681. The molecule has 0 unspecified atom stereocenters. The van der Waals surface area contributed by atoms with Crippen LogP contribution in [-0.2, 0) is 11.3 Å². The van der Waals surface area contributed by atoms with Crippen LogP contribution in [-0.4, -0.2) is 37.4 Å². The van der Waals surface area contributed by atoms with Gasteiger partial charge >= 0.3 is 0 Å². The topological polar surface area (TPSA) is 36.9 Å². The van der Waals surface area contributed by atoms with Crippen LogP contribution < -0.4 is 5.43 Å². The summed E-state index contributed by atoms with van der Waals surface area (Å²) in [6.45, 7) is 3.90. The lowest BCUT2D eigenvalue weighted by molar-refractivity contribution is 0.0341. The van der Waals surface area contributed by atoms with Crippen LogP contribution in [0.25, 0.3) is 0 Å². The van der Waals surface area contributed by atoms with Crippen molar-refractivity contribution in [1.82, 2.24) is 4.90 Å². The number of nitrogens with zero attached hydrogens (tertiary/aromatic N) is 2. The van der Waals surface area contributed by atoms with Gasteiger partial charge in [-0.15, -0.1) is 0 Å². The van der Waals surface area contributed by atoms with Crippen LogP contribution in [0.5, 0.6) is 0 Å². The fraction of sp³-hybridized carbons (Fsp3) is 0.278. The Balaban J connectivity index is 1.70. The molecule has 0 saturated carbocycles. The van der Waals surface area contributed by atoms with Gasteiger partial charge in [-0.1, -0.05) is 24.3 Å². The molecule has 1 saturated heterocycles. The van der Waals surface area contributed by atoms with Crippen molar-refractivity contribution >= 4 is 11.9 Å². The first-order valence-corrected chi connectivity index (χ1v) is 7.74. The summed E-state index contributed by atoms with van der Waals surface area (Å²) >= 11 is 0. The van der Waals surface area contributed by atoms with Crippen LogP contribution in [0.15, 0.2) is 53.6 Å². The maximum absolute atomic E-state index is 13.6. The van der Waals surface area contributed by atoms with Crippen molar-refractivity contribution < 1.29 is 9.13 Å². The normalized spacial score (nSPS) is 15.9. The first kappa shape index (κ1) is 15.6. The van der Waals surface area contributed by atoms with Crippen molar-refractivity contribution in [3.63, 3.8) is 0 Å². The van der Waals surface area contributed by atoms with Gasteiger partial charge in [0, 0.05) is 19.6 Å². The molecule has 0 amide bonds. The van der Waals surface area contributed by atoms with E-state index in [2.05, 4.69) is 15.4 Å². The van der Waals surface area contributed by atoms with Gasteiger partial charge in [0.2, 0.25) is 0 Å². The Morgan fingerprint density at radius 2 is 1.91 bits per heavy atom. The minimum absolute atomic E-state index is 0.221. The lowest BCUT2D eigenvalue weighted by Crippen LogP contribution is -2.35. The van der Waals surface area contributed by atoms with E-state index >= 15 is 0 Å². The van der Waals surface area contributed by atoms with E-state index in [-0.39, 0.29) is 5.82 Å². The molecule has 0 radical (unpaired) electrons. The average Bonchev–Trinajstić information content (AvgIpc) is 2.59. The van der Waals surface area contributed by atoms with Gasteiger partial charge in [0.1, 0.15) is 5.82 Å². The molecule has 120 valence electrons. The lowest BCUT2D eigenvalue weighted by Gasteiger charge is -2.27. The molecule has 3 rings (SSSR count). The summed E-state index contributed by atoms with van der Waals surface area (Å²) in [6, 6.07) is 14.5. The Labute approximate surface area is 135 Å². The number of hydrazone groups is 1. The van der Waals surface area contributed by atoms with Crippen molar-refractivity contribution in [3.8, 4) is 0 Å². The molecule has 0 bridgehead atoms. The molecule has 1 aliphatic rings. The number of nitrogens with one attached hydrogen (secondary N) is 1. The first-order chi connectivity index (χ1) is 11.3. The average molecular weight is 313 g/mol. The van der Waals surface area contributed by atoms with E-state index in [1.165, 1.54) is 6.07 Å². The van der Waals surface area contributed by atoms with Crippen molar-refractivity contribution in [1.29, 1.82) is 0 Å². The highest BCUT2D eigenvalue weighted by Gasteiger charge is 2.13. The summed E-state index contributed by atoms with van der Waals surface area (Å²) in [7, 11) is 0. The van der Waals surface area contributed by atoms with E-state index in [1.54, 1.807) is 18.3 Å². The van der Waals surface area contributed by atoms with Crippen molar-refractivity contribution in [2.45, 2.75) is 6.54 Å². The van der Waals surface area contributed by atoms with E-state index in [0.717, 1.165) is 43.1 Å². The molecule has 5 heteroatoms. The van der Waals surface area contributed by atoms with Gasteiger partial charge in [-0.3, -0.25) is 10.3 Å². The van der Waals surface area contributed by atoms with Crippen LogP contribution >= 0.6 is 0 Å². The van der Waals surface area contributed by atoms with Crippen molar-refractivity contribution in [2.75, 3.05) is 31.7 Å². The molecule has 1 fully saturated rings. The molecule has 4 nitrogen and oxygen atoms in total. The van der Waals surface area contributed by atoms with Gasteiger partial charge in [-0.25, -0.2) is 4.39 Å². The number of hydrogen-bond donors (Lipinski definition) is 1. The van der Waals surface area contributed by atoms with Gasteiger partial charge in [0.05, 0.1) is 25.1 Å². The van der Waals surface area contributed by atoms with Crippen molar-refractivity contribution in [3.05, 3.63) is 65.5 Å². The zero-order chi connectivity index (χ0) is 15.9. The van der Waals surface area contributed by atoms with Crippen LogP contribution in [0.1, 0.15) is 11.1 Å². The summed E-state index contributed by atoms with van der Waals surface area (Å²) in [5.74, 6) is -0.221. The standard InChI is InChI=1S/C18H20FN3O/c19-17-7-6-15(13-20-21-18-4-2-1-3-5-18)16(12-17)14-22-8-10-23-11-9-22/h1-7,12-13,21H,8-11,14H2. The molecule has 0 aliphatic carbocycles. The molecule has 0 aromatic heterocycles. The molecular formula is C18H20FN3O. The molecule has 1 aliphatic heterocycles. The molecular weight excluding hydrogens is 293 g/mol. The highest BCUT2D eigenvalue weighted by atomic mass is 19.1. The number of halogens is 1. The van der Waals surface area contributed by atoms with E-state index in [0.29, 0.717) is 6.54 Å². The number of rotatable bonds is 5. The van der Waals surface area contributed by atoms with Crippen LogP contribution in [0, 0.1) is 5.82 Å². The van der Waals surface area contributed by atoms with Gasteiger partial charge in [0.15, 0.2) is 0 Å². The third-order valence-corrected chi connectivity index (χ3v) is 3.77. The van der Waals surface area contributed by atoms with Crippen molar-refractivity contribution in [2.24, 2.45) is 5.10 Å². The third kappa shape index (κ3) is 4.61. The summed E-state index contributed by atoms with van der Waals surface area (Å²) in [5, 5.41) is 4.25. The predicted octanol–water partition coefficient (Wildman–Crippen LogP) is 3.10. The fourth-order valence-electron chi connectivity index (χ4n) is 2.53. The summed E-state index contributed by atoms with van der Waals surface area (Å²) < 4.78 is 18.9. The minimum Gasteiger partial charge on any atom is -0.379 e. The van der Waals surface area contributed by atoms with Gasteiger partial charge in [0.25, 0.3) is 0 Å². The third-order valence-electron chi connectivity index (χ3n) is 3.77. The van der Waals surface area contributed by atoms with E-state index in [1.807, 2.05) is 30.3 Å². The minimum atomic E-state index is -0.221. The first-order valence-electron chi connectivity index (χ1n) is 7.74. The Morgan fingerprint density at radius 1 is 1.13 bits per heavy atom. The second-order valence-corrected chi connectivity index (χ2v) is 5.47.